The van der Waals surface area contributed by atoms with Crippen LogP contribution in [0.15, 0.2) is 42.5 Å². The average molecular weight is 243 g/mol. The van der Waals surface area contributed by atoms with Crippen LogP contribution >= 0.6 is 0 Å². The van der Waals surface area contributed by atoms with Gasteiger partial charge in [-0.3, -0.25) is 0 Å². The van der Waals surface area contributed by atoms with E-state index in [1.165, 1.54) is 6.07 Å². The molecule has 2 aromatic rings. The number of aliphatic hydroxyl groups excluding tert-OH is 1. The molecule has 2 rings (SSSR count). The van der Waals surface area contributed by atoms with Crippen LogP contribution in [0.4, 0.5) is 5.69 Å². The fraction of sp³-hybridized carbons (Fsp3) is 0.0714. The summed E-state index contributed by atoms with van der Waals surface area (Å²) in [6.45, 7) is -0.104. The van der Waals surface area contributed by atoms with Gasteiger partial charge in [0.1, 0.15) is 0 Å². The molecule has 0 aromatic heterocycles. The number of carbonyl (C=O) groups is 1. The van der Waals surface area contributed by atoms with Gasteiger partial charge in [0, 0.05) is 5.69 Å². The van der Waals surface area contributed by atoms with Crippen LogP contribution in [0.2, 0.25) is 0 Å². The number of carboxylic acids is 1. The number of nitrogens with two attached hydrogens (primary N) is 1. The smallest absolute Gasteiger partial charge is 0.335 e. The highest BCUT2D eigenvalue weighted by atomic mass is 16.4. The van der Waals surface area contributed by atoms with Crippen molar-refractivity contribution < 1.29 is 15.0 Å². The monoisotopic (exact) mass is 243 g/mol. The average Bonchev–Trinajstić information content (AvgIpc) is 2.38. The van der Waals surface area contributed by atoms with Crippen LogP contribution in [0.3, 0.4) is 0 Å². The van der Waals surface area contributed by atoms with Crippen LogP contribution in [0.5, 0.6) is 0 Å². The van der Waals surface area contributed by atoms with E-state index in [-0.39, 0.29) is 12.2 Å². The van der Waals surface area contributed by atoms with Crippen molar-refractivity contribution in [2.24, 2.45) is 0 Å². The normalized spacial score (nSPS) is 10.3. The van der Waals surface area contributed by atoms with Gasteiger partial charge in [-0.1, -0.05) is 24.3 Å². The molecule has 0 saturated carbocycles. The molecule has 0 saturated heterocycles. The number of aliphatic hydroxyl groups is 1. The molecule has 0 unspecified atom stereocenters. The maximum atomic E-state index is 11.0. The summed E-state index contributed by atoms with van der Waals surface area (Å²) in [5, 5.41) is 18.3. The molecule has 0 bridgehead atoms. The van der Waals surface area contributed by atoms with E-state index in [1.54, 1.807) is 18.2 Å². The van der Waals surface area contributed by atoms with Crippen molar-refractivity contribution in [1.82, 2.24) is 0 Å². The number of hydrogen-bond donors (Lipinski definition) is 3. The van der Waals surface area contributed by atoms with Crippen LogP contribution in [0.1, 0.15) is 15.9 Å². The second kappa shape index (κ2) is 4.89. The zero-order valence-corrected chi connectivity index (χ0v) is 9.63. The van der Waals surface area contributed by atoms with Crippen LogP contribution in [-0.2, 0) is 6.61 Å². The Morgan fingerprint density at radius 3 is 2.56 bits per heavy atom. The summed E-state index contributed by atoms with van der Waals surface area (Å²) in [6.07, 6.45) is 0. The van der Waals surface area contributed by atoms with E-state index in [1.807, 2.05) is 18.2 Å². The van der Waals surface area contributed by atoms with Gasteiger partial charge in [0.25, 0.3) is 0 Å². The van der Waals surface area contributed by atoms with Crippen LogP contribution in [0.25, 0.3) is 11.1 Å². The quantitative estimate of drug-likeness (QED) is 0.721. The molecule has 0 radical (unpaired) electrons. The summed E-state index contributed by atoms with van der Waals surface area (Å²) < 4.78 is 0. The second-order valence-corrected chi connectivity index (χ2v) is 3.96. The summed E-state index contributed by atoms with van der Waals surface area (Å²) in [4.78, 5) is 11.0. The van der Waals surface area contributed by atoms with Gasteiger partial charge in [0.05, 0.1) is 12.2 Å². The Hall–Kier alpha value is -2.33. The van der Waals surface area contributed by atoms with Gasteiger partial charge in [-0.05, 0) is 34.9 Å². The Labute approximate surface area is 104 Å². The molecule has 4 heteroatoms. The van der Waals surface area contributed by atoms with Crippen molar-refractivity contribution in [1.29, 1.82) is 0 Å². The molecule has 2 aromatic carbocycles. The fourth-order valence-electron chi connectivity index (χ4n) is 1.87. The number of nitrogen functional groups attached to an aromatic ring is 1. The minimum Gasteiger partial charge on any atom is -0.478 e. The highest BCUT2D eigenvalue weighted by Gasteiger charge is 2.09. The van der Waals surface area contributed by atoms with Crippen molar-refractivity contribution in [3.8, 4) is 11.1 Å². The molecule has 0 spiro atoms. The minimum atomic E-state index is -1.02. The van der Waals surface area contributed by atoms with E-state index in [0.29, 0.717) is 11.3 Å². The van der Waals surface area contributed by atoms with Gasteiger partial charge in [-0.25, -0.2) is 4.79 Å². The van der Waals surface area contributed by atoms with Gasteiger partial charge < -0.3 is 15.9 Å². The zero-order valence-electron chi connectivity index (χ0n) is 9.63. The maximum absolute atomic E-state index is 11.0. The lowest BCUT2D eigenvalue weighted by Crippen LogP contribution is -1.99. The number of anilines is 1. The van der Waals surface area contributed by atoms with Gasteiger partial charge in [-0.15, -0.1) is 0 Å². The Bertz CT molecular complexity index is 593. The van der Waals surface area contributed by atoms with E-state index in [0.717, 1.165) is 11.1 Å². The lowest BCUT2D eigenvalue weighted by molar-refractivity contribution is 0.0697. The molecule has 0 aliphatic rings. The topological polar surface area (TPSA) is 83.6 Å². The van der Waals surface area contributed by atoms with E-state index in [2.05, 4.69) is 0 Å². The fourth-order valence-corrected chi connectivity index (χ4v) is 1.87. The van der Waals surface area contributed by atoms with Crippen LogP contribution in [-0.4, -0.2) is 16.2 Å². The molecule has 92 valence electrons. The molecule has 0 aliphatic heterocycles. The number of rotatable bonds is 3. The summed E-state index contributed by atoms with van der Waals surface area (Å²) >= 11 is 0. The Balaban J connectivity index is 2.60. The third-order valence-electron chi connectivity index (χ3n) is 2.70. The standard InChI is InChI=1S/C14H13NO3/c15-12-6-10(5-11(7-12)14(17)18)13-4-2-1-3-9(13)8-16/h1-7,16H,8,15H2,(H,17,18). The van der Waals surface area contributed by atoms with Gasteiger partial charge in [0.15, 0.2) is 0 Å². The highest BCUT2D eigenvalue weighted by Crippen LogP contribution is 2.27. The maximum Gasteiger partial charge on any atom is 0.335 e. The van der Waals surface area contributed by atoms with Crippen molar-refractivity contribution in [2.45, 2.75) is 6.61 Å². The predicted octanol–water partition coefficient (Wildman–Crippen LogP) is 2.13. The van der Waals surface area contributed by atoms with Gasteiger partial charge >= 0.3 is 5.97 Å². The van der Waals surface area contributed by atoms with Crippen molar-refractivity contribution >= 4 is 11.7 Å². The lowest BCUT2D eigenvalue weighted by Gasteiger charge is -2.09. The van der Waals surface area contributed by atoms with Gasteiger partial charge in [-0.2, -0.15) is 0 Å². The first kappa shape index (κ1) is 12.1. The molecular weight excluding hydrogens is 230 g/mol. The van der Waals surface area contributed by atoms with Crippen LogP contribution in [0, 0.1) is 0 Å². The van der Waals surface area contributed by atoms with E-state index in [9.17, 15) is 9.90 Å². The highest BCUT2D eigenvalue weighted by molar-refractivity contribution is 5.91. The summed E-state index contributed by atoms with van der Waals surface area (Å²) in [5.74, 6) is -1.02. The number of benzene rings is 2. The predicted molar refractivity (Wildman–Crippen MR) is 69.2 cm³/mol. The van der Waals surface area contributed by atoms with Crippen LogP contribution < -0.4 is 5.73 Å². The summed E-state index contributed by atoms with van der Waals surface area (Å²) in [5.41, 5.74) is 8.44. The second-order valence-electron chi connectivity index (χ2n) is 3.96. The minimum absolute atomic E-state index is 0.104. The summed E-state index contributed by atoms with van der Waals surface area (Å²) in [6, 6.07) is 11.9. The molecule has 4 nitrogen and oxygen atoms in total. The molecule has 0 heterocycles. The SMILES string of the molecule is Nc1cc(C(=O)O)cc(-c2ccccc2CO)c1. The summed E-state index contributed by atoms with van der Waals surface area (Å²) in [7, 11) is 0. The first-order chi connectivity index (χ1) is 8.61. The van der Waals surface area contributed by atoms with E-state index >= 15 is 0 Å². The van der Waals surface area contributed by atoms with Gasteiger partial charge in [0.2, 0.25) is 0 Å². The molecule has 0 fully saturated rings. The number of aromatic carboxylic acids is 1. The number of hydrogen-bond acceptors (Lipinski definition) is 3. The van der Waals surface area contributed by atoms with Crippen molar-refractivity contribution in [3.05, 3.63) is 53.6 Å². The first-order valence-electron chi connectivity index (χ1n) is 5.45. The van der Waals surface area contributed by atoms with E-state index in [4.69, 9.17) is 10.8 Å². The molecule has 18 heavy (non-hydrogen) atoms. The zero-order chi connectivity index (χ0) is 13.1. The Morgan fingerprint density at radius 2 is 1.89 bits per heavy atom. The third-order valence-corrected chi connectivity index (χ3v) is 2.70. The van der Waals surface area contributed by atoms with E-state index < -0.39 is 5.97 Å². The molecular formula is C14H13NO3. The molecule has 0 aliphatic carbocycles. The molecule has 4 N–H and O–H groups in total. The molecule has 0 atom stereocenters. The van der Waals surface area contributed by atoms with Crippen molar-refractivity contribution in [3.63, 3.8) is 0 Å². The number of carboxylic acid groups (broad SMARTS) is 1. The molecule has 0 amide bonds. The Morgan fingerprint density at radius 1 is 1.17 bits per heavy atom. The third kappa shape index (κ3) is 2.33. The largest absolute Gasteiger partial charge is 0.478 e. The first-order valence-corrected chi connectivity index (χ1v) is 5.45. The Kier molecular flexibility index (Phi) is 3.30. The van der Waals surface area contributed by atoms with Crippen molar-refractivity contribution in [2.75, 3.05) is 5.73 Å². The lowest BCUT2D eigenvalue weighted by atomic mass is 9.98.